The summed E-state index contributed by atoms with van der Waals surface area (Å²) >= 11 is 1.87. The number of fused-ring (bicyclic) bond motifs is 9. The maximum atomic E-state index is 6.96. The van der Waals surface area contributed by atoms with E-state index in [4.69, 9.17) is 4.42 Å². The highest BCUT2D eigenvalue weighted by molar-refractivity contribution is 7.26. The van der Waals surface area contributed by atoms with Crippen LogP contribution < -0.4 is 4.90 Å². The molecule has 2 nitrogen and oxygen atoms in total. The Morgan fingerprint density at radius 1 is 0.339 bits per heavy atom. The molecule has 59 heavy (non-hydrogen) atoms. The largest absolute Gasteiger partial charge is 0.455 e. The molecule has 0 unspecified atom stereocenters. The summed E-state index contributed by atoms with van der Waals surface area (Å²) in [6, 6.07) is 76.8. The van der Waals surface area contributed by atoms with Crippen LogP contribution in [0.15, 0.2) is 217 Å². The molecule has 276 valence electrons. The summed E-state index contributed by atoms with van der Waals surface area (Å²) in [7, 11) is 0. The van der Waals surface area contributed by atoms with Crippen LogP contribution in [0.3, 0.4) is 0 Å². The van der Waals surface area contributed by atoms with Gasteiger partial charge in [-0.1, -0.05) is 176 Å². The van der Waals surface area contributed by atoms with Crippen LogP contribution in [0, 0.1) is 0 Å². The van der Waals surface area contributed by atoms with Gasteiger partial charge in [0.1, 0.15) is 11.2 Å². The summed E-state index contributed by atoms with van der Waals surface area (Å²) < 4.78 is 9.49. The molecule has 0 N–H and O–H groups in total. The number of furan rings is 1. The molecule has 0 aliphatic rings. The van der Waals surface area contributed by atoms with Crippen molar-refractivity contribution >= 4 is 92.1 Å². The van der Waals surface area contributed by atoms with Crippen LogP contribution >= 0.6 is 11.3 Å². The van der Waals surface area contributed by atoms with Crippen molar-refractivity contribution in [1.29, 1.82) is 0 Å². The van der Waals surface area contributed by atoms with E-state index >= 15 is 0 Å². The van der Waals surface area contributed by atoms with Gasteiger partial charge in [-0.15, -0.1) is 11.3 Å². The average Bonchev–Trinajstić information content (AvgIpc) is 3.90. The van der Waals surface area contributed by atoms with Gasteiger partial charge in [-0.2, -0.15) is 0 Å². The van der Waals surface area contributed by atoms with Gasteiger partial charge in [-0.25, -0.2) is 0 Å². The first-order valence-corrected chi connectivity index (χ1v) is 20.9. The Balaban J connectivity index is 1.18. The van der Waals surface area contributed by atoms with E-state index in [-0.39, 0.29) is 0 Å². The minimum absolute atomic E-state index is 0.868. The fourth-order valence-corrected chi connectivity index (χ4v) is 10.4. The molecule has 0 aliphatic heterocycles. The zero-order chi connectivity index (χ0) is 38.9. The van der Waals surface area contributed by atoms with E-state index in [0.29, 0.717) is 0 Å². The molecule has 0 radical (unpaired) electrons. The van der Waals surface area contributed by atoms with Crippen molar-refractivity contribution in [3.63, 3.8) is 0 Å². The van der Waals surface area contributed by atoms with Gasteiger partial charge in [-0.05, 0) is 80.4 Å². The second kappa shape index (κ2) is 13.6. The summed E-state index contributed by atoms with van der Waals surface area (Å²) in [6.07, 6.45) is 0. The van der Waals surface area contributed by atoms with Crippen molar-refractivity contribution < 1.29 is 4.42 Å². The van der Waals surface area contributed by atoms with Crippen molar-refractivity contribution in [3.05, 3.63) is 212 Å². The third-order valence-electron chi connectivity index (χ3n) is 11.9. The number of hydrogen-bond donors (Lipinski definition) is 0. The highest BCUT2D eigenvalue weighted by Gasteiger charge is 2.26. The van der Waals surface area contributed by atoms with E-state index in [1.807, 2.05) is 11.3 Å². The molecule has 0 fully saturated rings. The fourth-order valence-electron chi connectivity index (χ4n) is 9.17. The first kappa shape index (κ1) is 33.7. The maximum Gasteiger partial charge on any atom is 0.145 e. The molecule has 0 spiro atoms. The van der Waals surface area contributed by atoms with E-state index in [1.165, 1.54) is 64.0 Å². The van der Waals surface area contributed by atoms with E-state index in [1.54, 1.807) is 0 Å². The van der Waals surface area contributed by atoms with E-state index in [2.05, 4.69) is 217 Å². The van der Waals surface area contributed by atoms with Crippen molar-refractivity contribution in [2.24, 2.45) is 0 Å². The van der Waals surface area contributed by atoms with Crippen LogP contribution in [0.2, 0.25) is 0 Å². The van der Waals surface area contributed by atoms with Crippen molar-refractivity contribution in [2.45, 2.75) is 0 Å². The van der Waals surface area contributed by atoms with Crippen LogP contribution in [0.25, 0.3) is 97.0 Å². The molecule has 2 heterocycles. The lowest BCUT2D eigenvalue weighted by atomic mass is 9.96. The lowest BCUT2D eigenvalue weighted by molar-refractivity contribution is 0.670. The molecule has 10 aromatic carbocycles. The summed E-state index contributed by atoms with van der Waals surface area (Å²) in [5.41, 5.74) is 12.1. The van der Waals surface area contributed by atoms with Gasteiger partial charge in [0, 0.05) is 36.5 Å². The van der Waals surface area contributed by atoms with Gasteiger partial charge in [0.15, 0.2) is 0 Å². The van der Waals surface area contributed by atoms with E-state index < -0.39 is 0 Å². The standard InChI is InChI=1S/C56H35NOS/c1-3-14-36(15-4-1)37-28-30-40(31-29-37)43-34-35-49(54-45-21-9-10-26-50(45)58-55(43)54)57(47-24-11-19-41-33-32-39-18-7-8-20-42(39)52(41)47)48-25-13-27-51-53(48)46-23-12-22-44(56(46)59-51)38-16-5-2-6-17-38/h1-35H. The SMILES string of the molecule is c1ccc(-c2ccc(-c3ccc(N(c4cccc5ccc6ccccc6c45)c4cccc5sc6c(-c7ccccc7)cccc6c45)c4c3oc3ccccc34)cc2)cc1. The average molecular weight is 770 g/mol. The molecule has 0 amide bonds. The Labute approximate surface area is 345 Å². The molecule has 0 saturated heterocycles. The topological polar surface area (TPSA) is 16.4 Å². The number of nitrogens with zero attached hydrogens (tertiary/aromatic N) is 1. The van der Waals surface area contributed by atoms with E-state index in [0.717, 1.165) is 50.1 Å². The van der Waals surface area contributed by atoms with Crippen LogP contribution in [-0.2, 0) is 0 Å². The first-order chi connectivity index (χ1) is 29.3. The number of anilines is 3. The minimum atomic E-state index is 0.868. The van der Waals surface area contributed by atoms with Crippen LogP contribution in [0.4, 0.5) is 17.1 Å². The lowest BCUT2D eigenvalue weighted by Gasteiger charge is -2.29. The van der Waals surface area contributed by atoms with Crippen molar-refractivity contribution in [3.8, 4) is 33.4 Å². The molecule has 0 atom stereocenters. The third-order valence-corrected chi connectivity index (χ3v) is 13.1. The smallest absolute Gasteiger partial charge is 0.145 e. The van der Waals surface area contributed by atoms with Gasteiger partial charge in [0.25, 0.3) is 0 Å². The molecular formula is C56H35NOS. The zero-order valence-corrected chi connectivity index (χ0v) is 32.8. The number of para-hydroxylation sites is 1. The third kappa shape index (κ3) is 5.40. The monoisotopic (exact) mass is 769 g/mol. The van der Waals surface area contributed by atoms with Gasteiger partial charge in [0.2, 0.25) is 0 Å². The lowest BCUT2D eigenvalue weighted by Crippen LogP contribution is -2.11. The summed E-state index contributed by atoms with van der Waals surface area (Å²) in [5.74, 6) is 0. The number of thiophene rings is 1. The zero-order valence-electron chi connectivity index (χ0n) is 32.0. The Morgan fingerprint density at radius 2 is 0.915 bits per heavy atom. The van der Waals surface area contributed by atoms with Crippen LogP contribution in [0.5, 0.6) is 0 Å². The highest BCUT2D eigenvalue weighted by atomic mass is 32.1. The Kier molecular flexibility index (Phi) is 7.75. The van der Waals surface area contributed by atoms with Gasteiger partial charge in [0.05, 0.1) is 22.4 Å². The Hall–Kier alpha value is -7.46. The van der Waals surface area contributed by atoms with Crippen molar-refractivity contribution in [1.82, 2.24) is 0 Å². The van der Waals surface area contributed by atoms with Crippen molar-refractivity contribution in [2.75, 3.05) is 4.90 Å². The van der Waals surface area contributed by atoms with Gasteiger partial charge >= 0.3 is 0 Å². The molecule has 3 heteroatoms. The summed E-state index contributed by atoms with van der Waals surface area (Å²) in [5, 5.41) is 9.52. The van der Waals surface area contributed by atoms with Gasteiger partial charge in [-0.3, -0.25) is 0 Å². The maximum absolute atomic E-state index is 6.96. The number of rotatable bonds is 6. The highest BCUT2D eigenvalue weighted by Crippen LogP contribution is 2.52. The molecule has 0 aliphatic carbocycles. The summed E-state index contributed by atoms with van der Waals surface area (Å²) in [6.45, 7) is 0. The molecular weight excluding hydrogens is 735 g/mol. The molecule has 2 aromatic heterocycles. The first-order valence-electron chi connectivity index (χ1n) is 20.1. The molecule has 0 saturated carbocycles. The molecule has 12 rings (SSSR count). The number of benzene rings is 10. The fraction of sp³-hybridized carbons (Fsp3) is 0. The van der Waals surface area contributed by atoms with Gasteiger partial charge < -0.3 is 9.32 Å². The second-order valence-corrected chi connectivity index (χ2v) is 16.2. The minimum Gasteiger partial charge on any atom is -0.455 e. The quantitative estimate of drug-likeness (QED) is 0.157. The predicted molar refractivity (Wildman–Crippen MR) is 253 cm³/mol. The van der Waals surface area contributed by atoms with Crippen LogP contribution in [-0.4, -0.2) is 0 Å². The van der Waals surface area contributed by atoms with E-state index in [9.17, 15) is 0 Å². The number of hydrogen-bond acceptors (Lipinski definition) is 3. The molecule has 0 bridgehead atoms. The Bertz CT molecular complexity index is 3550. The Morgan fingerprint density at radius 3 is 1.75 bits per heavy atom. The summed E-state index contributed by atoms with van der Waals surface area (Å²) in [4.78, 5) is 2.52. The second-order valence-electron chi connectivity index (χ2n) is 15.2. The molecule has 12 aromatic rings. The van der Waals surface area contributed by atoms with Crippen LogP contribution in [0.1, 0.15) is 0 Å². The normalized spacial score (nSPS) is 11.7. The predicted octanol–water partition coefficient (Wildman–Crippen LogP) is 16.7.